The molecule has 0 radical (unpaired) electrons. The van der Waals surface area contributed by atoms with Gasteiger partial charge in [-0.25, -0.2) is 4.79 Å². The van der Waals surface area contributed by atoms with Gasteiger partial charge >= 0.3 is 5.97 Å². The number of esters is 1. The number of hydrogen-bond donors (Lipinski definition) is 1. The number of nitrogens with one attached hydrogen (secondary N) is 1. The highest BCUT2D eigenvalue weighted by Crippen LogP contribution is 2.57. The van der Waals surface area contributed by atoms with Crippen molar-refractivity contribution in [2.45, 2.75) is 39.7 Å². The molecule has 38 heavy (non-hydrogen) atoms. The van der Waals surface area contributed by atoms with Crippen LogP contribution in [0.1, 0.15) is 58.9 Å². The zero-order valence-electron chi connectivity index (χ0n) is 22.3. The number of carbonyl (C=O) groups is 1. The number of ether oxygens (including phenoxy) is 2. The molecule has 5 heteroatoms. The van der Waals surface area contributed by atoms with Crippen LogP contribution in [-0.4, -0.2) is 19.1 Å². The van der Waals surface area contributed by atoms with Crippen LogP contribution in [0.2, 0.25) is 0 Å². The fourth-order valence-electron chi connectivity index (χ4n) is 5.82. The maximum absolute atomic E-state index is 13.3. The van der Waals surface area contributed by atoms with E-state index < -0.39 is 5.60 Å². The fourth-order valence-corrected chi connectivity index (χ4v) is 5.82. The molecule has 0 aliphatic carbocycles. The summed E-state index contributed by atoms with van der Waals surface area (Å²) in [6, 6.07) is 26.4. The average Bonchev–Trinajstić information content (AvgIpc) is 3.22. The lowest BCUT2D eigenvalue weighted by atomic mass is 9.77. The molecule has 5 nitrogen and oxygen atoms in total. The summed E-state index contributed by atoms with van der Waals surface area (Å²) in [5.41, 5.74) is 7.39. The molecular weight excluding hydrogens is 472 g/mol. The number of carbonyl (C=O) groups excluding carboxylic acids is 1. The summed E-state index contributed by atoms with van der Waals surface area (Å²) in [4.78, 5) is 15.6. The number of benzene rings is 4. The first-order valence-electron chi connectivity index (χ1n) is 13.4. The van der Waals surface area contributed by atoms with Gasteiger partial charge in [-0.05, 0) is 80.8 Å². The van der Waals surface area contributed by atoms with Crippen LogP contribution in [0.25, 0.3) is 0 Å². The summed E-state index contributed by atoms with van der Waals surface area (Å²) in [6.45, 7) is 10.3. The summed E-state index contributed by atoms with van der Waals surface area (Å²) < 4.78 is 13.0. The van der Waals surface area contributed by atoms with Crippen LogP contribution in [0.15, 0.2) is 78.9 Å². The van der Waals surface area contributed by atoms with E-state index in [-0.39, 0.29) is 5.97 Å². The van der Waals surface area contributed by atoms with Gasteiger partial charge in [0.05, 0.1) is 5.56 Å². The van der Waals surface area contributed by atoms with E-state index in [2.05, 4.69) is 86.4 Å². The molecular formula is C33H32N2O3. The van der Waals surface area contributed by atoms with Gasteiger partial charge in [0.25, 0.3) is 0 Å². The van der Waals surface area contributed by atoms with E-state index in [0.29, 0.717) is 17.1 Å². The molecule has 1 spiro atoms. The third-order valence-electron chi connectivity index (χ3n) is 7.73. The van der Waals surface area contributed by atoms with Crippen molar-refractivity contribution in [1.29, 1.82) is 0 Å². The third-order valence-corrected chi connectivity index (χ3v) is 7.73. The quantitative estimate of drug-likeness (QED) is 0.273. The number of fused-ring (bicyclic) bond motifs is 6. The number of rotatable bonds is 6. The van der Waals surface area contributed by atoms with Crippen LogP contribution < -0.4 is 15.0 Å². The molecule has 6 rings (SSSR count). The van der Waals surface area contributed by atoms with E-state index in [1.54, 1.807) is 0 Å². The zero-order chi connectivity index (χ0) is 26.4. The normalized spacial score (nSPS) is 16.8. The van der Waals surface area contributed by atoms with Crippen molar-refractivity contribution in [3.63, 3.8) is 0 Å². The van der Waals surface area contributed by atoms with Gasteiger partial charge in [0.2, 0.25) is 0 Å². The summed E-state index contributed by atoms with van der Waals surface area (Å²) in [6.07, 6.45) is 0.820. The molecule has 4 aromatic carbocycles. The van der Waals surface area contributed by atoms with E-state index in [0.717, 1.165) is 58.8 Å². The van der Waals surface area contributed by atoms with Crippen molar-refractivity contribution >= 4 is 23.0 Å². The fraction of sp³-hybridized carbons (Fsp3) is 0.242. The Bertz CT molecular complexity index is 1560. The maximum Gasteiger partial charge on any atom is 0.340 e. The first kappa shape index (κ1) is 24.1. The predicted molar refractivity (Wildman–Crippen MR) is 152 cm³/mol. The monoisotopic (exact) mass is 504 g/mol. The van der Waals surface area contributed by atoms with Crippen LogP contribution >= 0.6 is 0 Å². The molecule has 192 valence electrons. The standard InChI is InChI=1S/C33H32N2O3/c1-5-22-18-30-28(20-29(22)34-23-12-10-11-21(4)17-23)33(26-14-9-8-13-25(26)32(36)38-33)27-16-15-24(19-31(27)37-30)35(6-2)7-3/h8-20,34H,5-7H2,1-4H3. The summed E-state index contributed by atoms with van der Waals surface area (Å²) >= 11 is 0. The van der Waals surface area contributed by atoms with E-state index in [1.807, 2.05) is 30.3 Å². The van der Waals surface area contributed by atoms with Gasteiger partial charge in [0.1, 0.15) is 11.5 Å². The second-order valence-corrected chi connectivity index (χ2v) is 9.92. The van der Waals surface area contributed by atoms with E-state index in [1.165, 1.54) is 5.56 Å². The average molecular weight is 505 g/mol. The lowest BCUT2D eigenvalue weighted by molar-refractivity contribution is 0.0224. The largest absolute Gasteiger partial charge is 0.456 e. The summed E-state index contributed by atoms with van der Waals surface area (Å²) in [5.74, 6) is 1.11. The highest BCUT2D eigenvalue weighted by Gasteiger charge is 2.53. The second kappa shape index (κ2) is 9.25. The minimum absolute atomic E-state index is 0.319. The van der Waals surface area contributed by atoms with Gasteiger partial charge in [0, 0.05) is 52.9 Å². The Morgan fingerprint density at radius 2 is 1.61 bits per heavy atom. The summed E-state index contributed by atoms with van der Waals surface area (Å²) in [5, 5.41) is 3.62. The van der Waals surface area contributed by atoms with Crippen LogP contribution in [0.3, 0.4) is 0 Å². The number of anilines is 3. The van der Waals surface area contributed by atoms with Gasteiger partial charge in [-0.3, -0.25) is 0 Å². The van der Waals surface area contributed by atoms with Crippen LogP contribution in [-0.2, 0) is 16.8 Å². The molecule has 1 atom stereocenters. The van der Waals surface area contributed by atoms with Gasteiger partial charge in [0.15, 0.2) is 5.60 Å². The minimum Gasteiger partial charge on any atom is -0.456 e. The van der Waals surface area contributed by atoms with E-state index >= 15 is 0 Å². The van der Waals surface area contributed by atoms with Crippen molar-refractivity contribution in [2.75, 3.05) is 23.3 Å². The SMILES string of the molecule is CCc1cc2c(cc1Nc1cccc(C)c1)C1(OC(=O)c3ccccc31)c1ccc(N(CC)CC)cc1O2. The van der Waals surface area contributed by atoms with Crippen LogP contribution in [0.4, 0.5) is 17.1 Å². The molecule has 0 aromatic heterocycles. The molecule has 0 saturated heterocycles. The molecule has 1 unspecified atom stereocenters. The Kier molecular flexibility index (Phi) is 5.87. The second-order valence-electron chi connectivity index (χ2n) is 9.92. The zero-order valence-corrected chi connectivity index (χ0v) is 22.3. The molecule has 2 aliphatic rings. The van der Waals surface area contributed by atoms with Gasteiger partial charge in [-0.2, -0.15) is 0 Å². The highest BCUT2D eigenvalue weighted by molar-refractivity contribution is 5.97. The number of hydrogen-bond acceptors (Lipinski definition) is 5. The van der Waals surface area contributed by atoms with Crippen molar-refractivity contribution in [3.8, 4) is 11.5 Å². The minimum atomic E-state index is -1.09. The Morgan fingerprint density at radius 3 is 2.37 bits per heavy atom. The van der Waals surface area contributed by atoms with Crippen LogP contribution in [0.5, 0.6) is 11.5 Å². The Morgan fingerprint density at radius 1 is 0.816 bits per heavy atom. The van der Waals surface area contributed by atoms with Gasteiger partial charge in [-0.1, -0.05) is 37.3 Å². The molecule has 0 amide bonds. The molecule has 0 saturated carbocycles. The van der Waals surface area contributed by atoms with Crippen molar-refractivity contribution in [2.24, 2.45) is 0 Å². The molecule has 2 aliphatic heterocycles. The highest BCUT2D eigenvalue weighted by atomic mass is 16.6. The molecule has 0 fully saturated rings. The van der Waals surface area contributed by atoms with Crippen molar-refractivity contribution < 1.29 is 14.3 Å². The van der Waals surface area contributed by atoms with Crippen molar-refractivity contribution in [3.05, 3.63) is 112 Å². The molecule has 0 bridgehead atoms. The van der Waals surface area contributed by atoms with Gasteiger partial charge < -0.3 is 19.7 Å². The maximum atomic E-state index is 13.3. The third kappa shape index (κ3) is 3.65. The topological polar surface area (TPSA) is 50.8 Å². The summed E-state index contributed by atoms with van der Waals surface area (Å²) in [7, 11) is 0. The molecule has 4 aromatic rings. The number of aryl methyl sites for hydroxylation is 2. The number of nitrogens with zero attached hydrogens (tertiary/aromatic N) is 1. The lowest BCUT2D eigenvalue weighted by Crippen LogP contribution is -2.33. The Hall–Kier alpha value is -4.25. The van der Waals surface area contributed by atoms with Gasteiger partial charge in [-0.15, -0.1) is 0 Å². The smallest absolute Gasteiger partial charge is 0.340 e. The Labute approximate surface area is 224 Å². The van der Waals surface area contributed by atoms with E-state index in [9.17, 15) is 4.79 Å². The first-order chi connectivity index (χ1) is 18.5. The van der Waals surface area contributed by atoms with E-state index in [4.69, 9.17) is 9.47 Å². The lowest BCUT2D eigenvalue weighted by Gasteiger charge is -2.38. The van der Waals surface area contributed by atoms with Crippen molar-refractivity contribution in [1.82, 2.24) is 0 Å². The molecule has 1 N–H and O–H groups in total. The molecule has 2 heterocycles. The Balaban J connectivity index is 1.59. The first-order valence-corrected chi connectivity index (χ1v) is 13.4. The predicted octanol–water partition coefficient (Wildman–Crippen LogP) is 7.72. The van der Waals surface area contributed by atoms with Crippen LogP contribution in [0, 0.1) is 6.92 Å².